The van der Waals surface area contributed by atoms with Gasteiger partial charge in [-0.1, -0.05) is 106 Å². The Hall–Kier alpha value is -7.46. The van der Waals surface area contributed by atoms with Gasteiger partial charge in [0.05, 0.1) is 47.3 Å². The number of allylic oxidation sites excluding steroid dienone is 9. The van der Waals surface area contributed by atoms with Crippen LogP contribution in [0.1, 0.15) is 143 Å². The molecule has 0 unspecified atom stereocenters. The fourth-order valence-electron chi connectivity index (χ4n) is 14.7. The molecule has 0 spiro atoms. The number of benzene rings is 9. The summed E-state index contributed by atoms with van der Waals surface area (Å²) >= 11 is 0. The summed E-state index contributed by atoms with van der Waals surface area (Å²) in [4.78, 5) is 57.9. The molecule has 0 saturated carbocycles. The molecule has 0 aliphatic carbocycles. The average Bonchev–Trinajstić information content (AvgIpc) is 1.56. The number of hydrogen-bond acceptors (Lipinski definition) is 26. The molecule has 0 aromatic heterocycles. The van der Waals surface area contributed by atoms with E-state index in [-0.39, 0.29) is 204 Å². The van der Waals surface area contributed by atoms with Gasteiger partial charge in [0.2, 0.25) is 11.6 Å². The molecule has 0 bridgehead atoms. The minimum atomic E-state index is -4.84. The molecule has 3 aliphatic heterocycles. The first kappa shape index (κ1) is 117. The summed E-state index contributed by atoms with van der Waals surface area (Å²) in [5.74, 6) is -3.03. The molecule has 128 heavy (non-hydrogen) atoms. The number of carbonyl (C=O) groups is 5. The number of carboxylic acid groups (broad SMARTS) is 3. The largest absolute Gasteiger partial charge is 1.00 e. The van der Waals surface area contributed by atoms with Gasteiger partial charge in [-0.2, -0.15) is 41.0 Å². The van der Waals surface area contributed by atoms with E-state index in [4.69, 9.17) is 52.8 Å². The minimum absolute atomic E-state index is 0. The van der Waals surface area contributed by atoms with Crippen LogP contribution in [0.25, 0.3) is 38.4 Å². The number of ether oxygens (including phenoxy) is 1. The number of nitrogens with zero attached hydrogens (tertiary/aromatic N) is 3. The SMILES string of the molecule is CCN1/C(=C/C=C(/C=C/C2=[N+](CC)c3ccc4cc(S(=O)(=O)[O-])c[c-]c4c3C2(C)C)CCC(=O)Nc2ccc(C(=O)[O-])cc2)C(C)(C)c2c1ccc1c[c-]cc(S(=O)(=O)[O-])c21.CC[N+]1=C(C)C(C)(C)c2c1ccc1c[c-]cc(S(=O)(=O)[O-])c21.O=COc1ccc(/C=C/C(=C/Cc2ccc(C(=O)O)cc2)CCC(=O)O)cc1.O=S(=O)=O.O=S(=O)=O.O=S(=O)=O.[Na+].[Na+].[Na+].[Na+].[Na+]. The predicted molar refractivity (Wildman–Crippen MR) is 448 cm³/mol. The number of aliphatic carboxylic acids is 1. The molecular formula is C86H81N4Na5O27S6. The van der Waals surface area contributed by atoms with Crippen molar-refractivity contribution in [2.45, 2.75) is 132 Å². The summed E-state index contributed by atoms with van der Waals surface area (Å²) in [6.45, 7) is 22.6. The maximum Gasteiger partial charge on any atom is 1.00 e. The summed E-state index contributed by atoms with van der Waals surface area (Å²) in [6, 6.07) is 47.5. The molecule has 31 nitrogen and oxygen atoms in total. The molecule has 0 atom stereocenters. The van der Waals surface area contributed by atoms with Gasteiger partial charge in [-0.3, -0.25) is 31.2 Å². The van der Waals surface area contributed by atoms with Crippen LogP contribution in [-0.2, 0) is 99.2 Å². The normalized spacial score (nSPS) is 14.0. The molecule has 0 saturated heterocycles. The molecule has 9 aromatic rings. The average molecular weight is 1910 g/mol. The second-order valence-corrected chi connectivity index (χ2v) is 34.1. The summed E-state index contributed by atoms with van der Waals surface area (Å²) in [6.07, 6.45) is 14.8. The quantitative estimate of drug-likeness (QED) is 0.0129. The van der Waals surface area contributed by atoms with E-state index in [2.05, 4.69) is 79.1 Å². The van der Waals surface area contributed by atoms with Crippen molar-refractivity contribution in [3.8, 4) is 5.75 Å². The van der Waals surface area contributed by atoms with Gasteiger partial charge < -0.3 is 48.7 Å². The number of rotatable bonds is 24. The van der Waals surface area contributed by atoms with E-state index in [9.17, 15) is 68.0 Å². The summed E-state index contributed by atoms with van der Waals surface area (Å²) in [7, 11) is -23.4. The molecular weight excluding hydrogens is 1830 g/mol. The molecule has 9 aromatic carbocycles. The molecule has 12 rings (SSSR count). The van der Waals surface area contributed by atoms with Crippen molar-refractivity contribution in [2.75, 3.05) is 29.9 Å². The zero-order valence-electron chi connectivity index (χ0n) is 72.5. The molecule has 1 amide bonds. The second-order valence-electron chi connectivity index (χ2n) is 28.8. The zero-order valence-corrected chi connectivity index (χ0v) is 87.4. The van der Waals surface area contributed by atoms with Crippen LogP contribution >= 0.6 is 0 Å². The third-order valence-corrected chi connectivity index (χ3v) is 22.9. The van der Waals surface area contributed by atoms with Gasteiger partial charge in [0.1, 0.15) is 18.8 Å². The van der Waals surface area contributed by atoms with Gasteiger partial charge in [-0.15, -0.1) is 101 Å². The van der Waals surface area contributed by atoms with E-state index in [0.29, 0.717) is 76.3 Å². The smallest absolute Gasteiger partial charge is 0.754 e. The Labute approximate surface area is 856 Å². The number of fused-ring (bicyclic) bond motifs is 9. The van der Waals surface area contributed by atoms with Crippen molar-refractivity contribution < 1.29 is 278 Å². The van der Waals surface area contributed by atoms with Crippen molar-refractivity contribution >= 4 is 165 Å². The Kier molecular flexibility index (Phi) is 46.4. The summed E-state index contributed by atoms with van der Waals surface area (Å²) in [5.41, 5.74) is 10.5. The molecule has 648 valence electrons. The van der Waals surface area contributed by atoms with Crippen LogP contribution in [-0.4, -0.2) is 158 Å². The second kappa shape index (κ2) is 51.0. The monoisotopic (exact) mass is 1910 g/mol. The van der Waals surface area contributed by atoms with Crippen LogP contribution in [0.5, 0.6) is 5.75 Å². The van der Waals surface area contributed by atoms with Gasteiger partial charge in [0.15, 0.2) is 17.1 Å². The molecule has 0 fully saturated rings. The number of hydrogen-bond donors (Lipinski definition) is 3. The maximum atomic E-state index is 13.3. The number of likely N-dealkylation sites (N-methyl/N-ethyl adjacent to an activating group) is 1. The first-order chi connectivity index (χ1) is 57.5. The van der Waals surface area contributed by atoms with Crippen molar-refractivity contribution in [3.05, 3.63) is 256 Å². The third kappa shape index (κ3) is 30.5. The van der Waals surface area contributed by atoms with Crippen molar-refractivity contribution in [2.24, 2.45) is 0 Å². The van der Waals surface area contributed by atoms with Crippen LogP contribution in [0.15, 0.2) is 214 Å². The van der Waals surface area contributed by atoms with E-state index in [0.717, 1.165) is 79.5 Å². The van der Waals surface area contributed by atoms with Gasteiger partial charge in [-0.25, -0.2) is 17.8 Å². The first-order valence-electron chi connectivity index (χ1n) is 37.0. The molecule has 3 heterocycles. The Morgan fingerprint density at radius 3 is 1.53 bits per heavy atom. The standard InChI is InChI=1S/C47H46N3O9S2.C22H20O6.C17H19NO3S.5Na.3O3S/c1-7-49-36-24-18-32-28-34(60(54,55)56)21-22-35(32)43(36)46(3,4)39(49)25-12-29(14-27-41(51)48-33-19-15-31(16-20-33)45(52)53)13-26-40-47(5,6)44-37(50(40)8-2)23-17-30-10-9-11-38(42(30)44)61(57,58)59;23-15-28-20-12-7-18(8-13-20)4-2-16(9-14-21(24)25)1-3-17-5-10-19(11-6-17)22(26)27;1-5-18-11(2)17(3,4)16-13(18)10-9-12-7-6-8-14(15(12)16)22(19,20)21;;;;;;3*1-4(2)3/h10-13,15-21,23-26,28H,7-8,14,27H2,1-6H3,(H,48,51)(H,52,53)(H,54,55,56)(H,57,58,59);1-2,4-8,10-13,15H,3,9,14H2,(H,24,25)(H,26,27);7-10H,5H2,1-4H3,(H,19,20,21);;;;;;;;/q-1;;;5*+1;;;/p-4/b;4-2+,16-1-;;;;;;;;;. The van der Waals surface area contributed by atoms with Gasteiger partial charge in [0, 0.05) is 65.9 Å². The maximum absolute atomic E-state index is 13.3. The predicted octanol–water partition coefficient (Wildman–Crippen LogP) is -4.30. The fourth-order valence-corrected chi connectivity index (χ4v) is 16.5. The van der Waals surface area contributed by atoms with Crippen molar-refractivity contribution in [1.82, 2.24) is 0 Å². The topological polar surface area (TPSA) is 505 Å². The Balaban J connectivity index is 0.000000683. The van der Waals surface area contributed by atoms with Crippen LogP contribution in [0.3, 0.4) is 0 Å². The third-order valence-electron chi connectivity index (χ3n) is 20.3. The van der Waals surface area contributed by atoms with E-state index in [1.54, 1.807) is 72.8 Å². The number of amides is 1. The fraction of sp³-hybridized carbons (Fsp3) is 0.244. The molecule has 42 heteroatoms. The van der Waals surface area contributed by atoms with Crippen molar-refractivity contribution in [1.29, 1.82) is 0 Å². The summed E-state index contributed by atoms with van der Waals surface area (Å²) < 4.78 is 193. The Bertz CT molecular complexity index is 6580. The number of carboxylic acids is 3. The van der Waals surface area contributed by atoms with Gasteiger partial charge >= 0.3 is 192 Å². The van der Waals surface area contributed by atoms with E-state index < -0.39 is 90.9 Å². The molecule has 3 N–H and O–H groups in total. The van der Waals surface area contributed by atoms with E-state index in [1.807, 2.05) is 94.5 Å². The molecule has 0 radical (unpaired) electrons. The Morgan fingerprint density at radius 2 is 1.05 bits per heavy atom. The van der Waals surface area contributed by atoms with Crippen LogP contribution in [0.2, 0.25) is 0 Å². The molecule has 3 aliphatic rings. The number of aromatic carboxylic acids is 2. The van der Waals surface area contributed by atoms with Gasteiger partial charge in [0.25, 0.3) is 6.47 Å². The summed E-state index contributed by atoms with van der Waals surface area (Å²) in [5, 5.41) is 35.4. The number of nitrogens with one attached hydrogen (secondary N) is 1. The number of anilines is 2. The zero-order chi connectivity index (χ0) is 91.6. The van der Waals surface area contributed by atoms with Crippen molar-refractivity contribution in [3.63, 3.8) is 0 Å². The van der Waals surface area contributed by atoms with Crippen LogP contribution in [0, 0.1) is 18.2 Å². The number of carbonyl (C=O) groups excluding carboxylic acids is 3. The van der Waals surface area contributed by atoms with E-state index >= 15 is 0 Å². The van der Waals surface area contributed by atoms with Crippen LogP contribution < -0.4 is 168 Å². The first-order valence-corrected chi connectivity index (χ1v) is 44.2. The van der Waals surface area contributed by atoms with Crippen LogP contribution in [0.4, 0.5) is 22.7 Å². The minimum Gasteiger partial charge on any atom is -0.754 e. The Morgan fingerprint density at radius 1 is 0.555 bits per heavy atom. The van der Waals surface area contributed by atoms with E-state index in [1.165, 1.54) is 48.5 Å². The van der Waals surface area contributed by atoms with Gasteiger partial charge in [-0.05, 0) is 163 Å².